The minimum atomic E-state index is -0.826. The Balaban J connectivity index is 2.23. The minimum absolute atomic E-state index is 0.237. The second kappa shape index (κ2) is 4.57. The molecule has 0 heterocycles. The van der Waals surface area contributed by atoms with E-state index in [4.69, 9.17) is 11.6 Å². The Labute approximate surface area is 106 Å². The summed E-state index contributed by atoms with van der Waals surface area (Å²) in [5.74, 6) is -0.530. The van der Waals surface area contributed by atoms with Crippen molar-refractivity contribution in [1.82, 2.24) is 0 Å². The second-order valence-corrected chi connectivity index (χ2v) is 4.97. The summed E-state index contributed by atoms with van der Waals surface area (Å²) in [7, 11) is 0. The Morgan fingerprint density at radius 3 is 2.47 bits per heavy atom. The highest BCUT2D eigenvalue weighted by molar-refractivity contribution is 6.30. The van der Waals surface area contributed by atoms with Crippen molar-refractivity contribution in [2.45, 2.75) is 31.7 Å². The Bertz CT molecular complexity index is 414. The lowest BCUT2D eigenvalue weighted by molar-refractivity contribution is -0.143. The molecule has 1 aromatic carbocycles. The van der Waals surface area contributed by atoms with Gasteiger partial charge in [-0.3, -0.25) is 0 Å². The number of anilines is 1. The van der Waals surface area contributed by atoms with Crippen LogP contribution in [0.5, 0.6) is 0 Å². The lowest BCUT2D eigenvalue weighted by atomic mass is 9.89. The van der Waals surface area contributed by atoms with Crippen molar-refractivity contribution in [1.29, 1.82) is 0 Å². The van der Waals surface area contributed by atoms with Crippen LogP contribution in [-0.4, -0.2) is 16.6 Å². The Morgan fingerprint density at radius 2 is 2.06 bits per heavy atom. The summed E-state index contributed by atoms with van der Waals surface area (Å²) in [6, 6.07) is 7.16. The summed E-state index contributed by atoms with van der Waals surface area (Å²) < 4.78 is 0. The van der Waals surface area contributed by atoms with Crippen LogP contribution < -0.4 is 5.32 Å². The number of rotatable bonds is 5. The van der Waals surface area contributed by atoms with Crippen molar-refractivity contribution >= 4 is 23.3 Å². The van der Waals surface area contributed by atoms with Gasteiger partial charge in [-0.15, -0.1) is 0 Å². The lowest BCUT2D eigenvalue weighted by Gasteiger charge is -2.30. The van der Waals surface area contributed by atoms with Gasteiger partial charge in [-0.2, -0.15) is 0 Å². The van der Waals surface area contributed by atoms with Gasteiger partial charge in [0, 0.05) is 10.7 Å². The van der Waals surface area contributed by atoms with Crippen LogP contribution in [0, 0.1) is 5.92 Å². The smallest absolute Gasteiger partial charge is 0.329 e. The lowest BCUT2D eigenvalue weighted by Crippen LogP contribution is -2.48. The van der Waals surface area contributed by atoms with E-state index in [0.717, 1.165) is 18.5 Å². The van der Waals surface area contributed by atoms with Crippen molar-refractivity contribution in [3.63, 3.8) is 0 Å². The van der Waals surface area contributed by atoms with Gasteiger partial charge >= 0.3 is 5.97 Å². The molecule has 1 aliphatic rings. The molecular formula is C13H16ClNO2. The molecule has 1 fully saturated rings. The maximum atomic E-state index is 11.5. The topological polar surface area (TPSA) is 49.3 Å². The van der Waals surface area contributed by atoms with E-state index in [0.29, 0.717) is 11.4 Å². The van der Waals surface area contributed by atoms with Crippen molar-refractivity contribution in [2.24, 2.45) is 5.92 Å². The van der Waals surface area contributed by atoms with Gasteiger partial charge in [0.25, 0.3) is 0 Å². The highest BCUT2D eigenvalue weighted by Gasteiger charge is 2.49. The fourth-order valence-electron chi connectivity index (χ4n) is 2.23. The van der Waals surface area contributed by atoms with Crippen molar-refractivity contribution in [3.8, 4) is 0 Å². The molecule has 0 aromatic heterocycles. The third-order valence-electron chi connectivity index (χ3n) is 3.43. The first-order valence-electron chi connectivity index (χ1n) is 5.85. The Kier molecular flexibility index (Phi) is 3.29. The largest absolute Gasteiger partial charge is 0.479 e. The normalized spacial score (nSPS) is 18.5. The average molecular weight is 254 g/mol. The first kappa shape index (κ1) is 12.2. The van der Waals surface area contributed by atoms with Crippen LogP contribution in [0.25, 0.3) is 0 Å². The third-order valence-corrected chi connectivity index (χ3v) is 3.68. The molecule has 1 atom stereocenters. The molecule has 0 aliphatic heterocycles. The standard InChI is InChI=1S/C13H16ClNO2/c1-2-13(12(16)17,9-3-4-9)15-11-7-5-10(14)6-8-11/h5-9,15H,2-4H2,1H3,(H,16,17). The highest BCUT2D eigenvalue weighted by atomic mass is 35.5. The van der Waals surface area contributed by atoms with E-state index < -0.39 is 11.5 Å². The quantitative estimate of drug-likeness (QED) is 0.846. The molecule has 0 radical (unpaired) electrons. The van der Waals surface area contributed by atoms with Gasteiger partial charge in [-0.1, -0.05) is 18.5 Å². The van der Waals surface area contributed by atoms with E-state index in [1.165, 1.54) is 0 Å². The van der Waals surface area contributed by atoms with Gasteiger partial charge in [0.1, 0.15) is 5.54 Å². The Hall–Kier alpha value is -1.22. The van der Waals surface area contributed by atoms with Gasteiger partial charge in [0.2, 0.25) is 0 Å². The van der Waals surface area contributed by atoms with Gasteiger partial charge in [0.05, 0.1) is 0 Å². The molecule has 2 rings (SSSR count). The van der Waals surface area contributed by atoms with Crippen molar-refractivity contribution in [3.05, 3.63) is 29.3 Å². The zero-order chi connectivity index (χ0) is 12.5. The monoisotopic (exact) mass is 253 g/mol. The predicted molar refractivity (Wildman–Crippen MR) is 68.5 cm³/mol. The number of halogens is 1. The molecule has 1 saturated carbocycles. The molecule has 0 spiro atoms. The van der Waals surface area contributed by atoms with Gasteiger partial charge < -0.3 is 10.4 Å². The SMILES string of the molecule is CCC(Nc1ccc(Cl)cc1)(C(=O)O)C1CC1. The van der Waals surface area contributed by atoms with Crippen molar-refractivity contribution in [2.75, 3.05) is 5.32 Å². The summed E-state index contributed by atoms with van der Waals surface area (Å²) in [6.45, 7) is 1.91. The number of aliphatic carboxylic acids is 1. The molecule has 1 aromatic rings. The van der Waals surface area contributed by atoms with Crippen LogP contribution in [0.4, 0.5) is 5.69 Å². The molecule has 0 amide bonds. The third kappa shape index (κ3) is 2.39. The van der Waals surface area contributed by atoms with Gasteiger partial charge in [0.15, 0.2) is 0 Å². The van der Waals surface area contributed by atoms with Crippen LogP contribution in [0.3, 0.4) is 0 Å². The molecule has 2 N–H and O–H groups in total. The molecular weight excluding hydrogens is 238 g/mol. The number of nitrogens with one attached hydrogen (secondary N) is 1. The van der Waals surface area contributed by atoms with E-state index in [1.54, 1.807) is 12.1 Å². The van der Waals surface area contributed by atoms with Gasteiger partial charge in [-0.05, 0) is 49.4 Å². The van der Waals surface area contributed by atoms with Crippen LogP contribution >= 0.6 is 11.6 Å². The summed E-state index contributed by atoms with van der Waals surface area (Å²) in [6.07, 6.45) is 2.55. The summed E-state index contributed by atoms with van der Waals surface area (Å²) in [4.78, 5) is 11.5. The summed E-state index contributed by atoms with van der Waals surface area (Å²) >= 11 is 5.81. The minimum Gasteiger partial charge on any atom is -0.479 e. The highest BCUT2D eigenvalue weighted by Crippen LogP contribution is 2.43. The number of carboxylic acids is 1. The fourth-order valence-corrected chi connectivity index (χ4v) is 2.35. The van der Waals surface area contributed by atoms with Crippen LogP contribution in [0.15, 0.2) is 24.3 Å². The van der Waals surface area contributed by atoms with E-state index >= 15 is 0 Å². The first-order chi connectivity index (χ1) is 8.08. The van der Waals surface area contributed by atoms with Crippen LogP contribution in [0.1, 0.15) is 26.2 Å². The fraction of sp³-hybridized carbons (Fsp3) is 0.462. The van der Waals surface area contributed by atoms with E-state index in [9.17, 15) is 9.90 Å². The first-order valence-corrected chi connectivity index (χ1v) is 6.23. The van der Waals surface area contributed by atoms with E-state index in [-0.39, 0.29) is 5.92 Å². The predicted octanol–water partition coefficient (Wildman–Crippen LogP) is 3.40. The van der Waals surface area contributed by atoms with Crippen LogP contribution in [-0.2, 0) is 4.79 Å². The number of hydrogen-bond acceptors (Lipinski definition) is 2. The van der Waals surface area contributed by atoms with Crippen LogP contribution in [0.2, 0.25) is 5.02 Å². The zero-order valence-corrected chi connectivity index (χ0v) is 10.5. The van der Waals surface area contributed by atoms with Crippen molar-refractivity contribution < 1.29 is 9.90 Å². The molecule has 0 bridgehead atoms. The van der Waals surface area contributed by atoms with E-state index in [1.807, 2.05) is 19.1 Å². The maximum Gasteiger partial charge on any atom is 0.329 e. The summed E-state index contributed by atoms with van der Waals surface area (Å²) in [5, 5.41) is 13.3. The summed E-state index contributed by atoms with van der Waals surface area (Å²) in [5.41, 5.74) is -0.0149. The average Bonchev–Trinajstić information content (AvgIpc) is 3.12. The second-order valence-electron chi connectivity index (χ2n) is 4.54. The number of benzene rings is 1. The van der Waals surface area contributed by atoms with Gasteiger partial charge in [-0.25, -0.2) is 4.79 Å². The zero-order valence-electron chi connectivity index (χ0n) is 9.74. The molecule has 3 nitrogen and oxygen atoms in total. The molecule has 0 saturated heterocycles. The Morgan fingerprint density at radius 1 is 1.47 bits per heavy atom. The molecule has 17 heavy (non-hydrogen) atoms. The molecule has 4 heteroatoms. The number of carbonyl (C=O) groups is 1. The number of carboxylic acid groups (broad SMARTS) is 1. The molecule has 92 valence electrons. The number of hydrogen-bond donors (Lipinski definition) is 2. The van der Waals surface area contributed by atoms with E-state index in [2.05, 4.69) is 5.32 Å². The molecule has 1 unspecified atom stereocenters. The maximum absolute atomic E-state index is 11.5. The molecule has 1 aliphatic carbocycles.